The maximum atomic E-state index is 10.7. The van der Waals surface area contributed by atoms with Gasteiger partial charge in [0.1, 0.15) is 39.0 Å². The molecule has 0 aliphatic heterocycles. The molecular formula is C10H2Cl10O2. The average molecular weight is 509 g/mol. The van der Waals surface area contributed by atoms with Crippen molar-refractivity contribution < 1.29 is 10.2 Å². The van der Waals surface area contributed by atoms with Crippen molar-refractivity contribution in [1.82, 2.24) is 0 Å². The van der Waals surface area contributed by atoms with Crippen molar-refractivity contribution in [3.05, 3.63) is 0 Å². The van der Waals surface area contributed by atoms with Crippen LogP contribution in [0.3, 0.4) is 0 Å². The molecular weight excluding hydrogens is 507 g/mol. The Labute approximate surface area is 174 Å². The van der Waals surface area contributed by atoms with E-state index in [1.165, 1.54) is 0 Å². The lowest BCUT2D eigenvalue weighted by Gasteiger charge is -2.81. The maximum Gasteiger partial charge on any atom is 0.209 e. The molecule has 6 saturated carbocycles. The van der Waals surface area contributed by atoms with E-state index in [2.05, 4.69) is 0 Å². The summed E-state index contributed by atoms with van der Waals surface area (Å²) >= 11 is 65.6. The van der Waals surface area contributed by atoms with Gasteiger partial charge in [0.2, 0.25) is 5.79 Å². The molecule has 12 heteroatoms. The van der Waals surface area contributed by atoms with Gasteiger partial charge in [0.25, 0.3) is 0 Å². The molecule has 0 spiro atoms. The van der Waals surface area contributed by atoms with Crippen LogP contribution in [0.5, 0.6) is 0 Å². The van der Waals surface area contributed by atoms with Crippen molar-refractivity contribution in [2.45, 2.75) is 49.1 Å². The zero-order chi connectivity index (χ0) is 17.0. The first-order chi connectivity index (χ1) is 9.50. The lowest BCUT2D eigenvalue weighted by Crippen LogP contribution is -3.03. The van der Waals surface area contributed by atoms with Gasteiger partial charge in [-0.15, -0.1) is 92.8 Å². The van der Waals surface area contributed by atoms with Crippen LogP contribution in [0.2, 0.25) is 0 Å². The van der Waals surface area contributed by atoms with Gasteiger partial charge in [-0.25, -0.2) is 0 Å². The number of halogens is 10. The van der Waals surface area contributed by atoms with Gasteiger partial charge in [-0.05, 0) is 0 Å². The second-order valence-corrected chi connectivity index (χ2v) is 12.4. The minimum atomic E-state index is -2.86. The Morgan fingerprint density at radius 2 is 0.591 bits per heavy atom. The van der Waals surface area contributed by atoms with Crippen LogP contribution in [-0.4, -0.2) is 59.3 Å². The molecule has 0 saturated heterocycles. The minimum absolute atomic E-state index is 1.95. The summed E-state index contributed by atoms with van der Waals surface area (Å²) in [6, 6.07) is 0. The van der Waals surface area contributed by atoms with Gasteiger partial charge in [-0.1, -0.05) is 23.2 Å². The smallest absolute Gasteiger partial charge is 0.209 e. The third-order valence-corrected chi connectivity index (χ3v) is 15.8. The Hall–Kier alpha value is 2.82. The van der Waals surface area contributed by atoms with Crippen LogP contribution < -0.4 is 0 Å². The first-order valence-electron chi connectivity index (χ1n) is 5.84. The highest BCUT2D eigenvalue weighted by Gasteiger charge is 3.32. The molecule has 4 unspecified atom stereocenters. The van der Waals surface area contributed by atoms with Gasteiger partial charge in [0.15, 0.2) is 4.33 Å². The largest absolute Gasteiger partial charge is 0.363 e. The van der Waals surface area contributed by atoms with E-state index in [-0.39, 0.29) is 0 Å². The fourth-order valence-electron chi connectivity index (χ4n) is 5.97. The Morgan fingerprint density at radius 3 is 0.818 bits per heavy atom. The Morgan fingerprint density at radius 1 is 0.364 bits per heavy atom. The van der Waals surface area contributed by atoms with Gasteiger partial charge in [-0.3, -0.25) is 0 Å². The number of hydrogen-bond donors (Lipinski definition) is 2. The molecule has 0 heterocycles. The summed E-state index contributed by atoms with van der Waals surface area (Å²) in [5.74, 6) is -2.86. The van der Waals surface area contributed by atoms with E-state index in [4.69, 9.17) is 116 Å². The van der Waals surface area contributed by atoms with Crippen LogP contribution in [0.1, 0.15) is 0 Å². The van der Waals surface area contributed by atoms with Gasteiger partial charge < -0.3 is 10.2 Å². The lowest BCUT2D eigenvalue weighted by molar-refractivity contribution is -0.199. The minimum Gasteiger partial charge on any atom is -0.363 e. The quantitative estimate of drug-likeness (QED) is 0.387. The third-order valence-electron chi connectivity index (χ3n) is 6.57. The molecule has 6 fully saturated rings. The molecule has 22 heavy (non-hydrogen) atoms. The highest BCUT2D eigenvalue weighted by Crippen LogP contribution is 3.11. The average Bonchev–Trinajstić information content (AvgIpc) is 2.62. The topological polar surface area (TPSA) is 40.5 Å². The summed E-state index contributed by atoms with van der Waals surface area (Å²) in [5, 5.41) is 21.3. The fraction of sp³-hybridized carbons (Fsp3) is 1.00. The summed E-state index contributed by atoms with van der Waals surface area (Å²) in [6.07, 6.45) is 0. The van der Waals surface area contributed by atoms with E-state index in [1.54, 1.807) is 0 Å². The Bertz CT molecular complexity index is 582. The zero-order valence-electron chi connectivity index (χ0n) is 9.67. The van der Waals surface area contributed by atoms with Crippen LogP contribution in [0.15, 0.2) is 0 Å². The van der Waals surface area contributed by atoms with Crippen LogP contribution in [0.4, 0.5) is 0 Å². The van der Waals surface area contributed by atoms with Gasteiger partial charge in [-0.2, -0.15) is 0 Å². The van der Waals surface area contributed by atoms with E-state index >= 15 is 0 Å². The van der Waals surface area contributed by atoms with Crippen LogP contribution in [0, 0.1) is 0 Å². The van der Waals surface area contributed by atoms with Crippen molar-refractivity contribution in [3.63, 3.8) is 0 Å². The predicted octanol–water partition coefficient (Wildman–Crippen LogP) is 3.73. The first-order valence-corrected chi connectivity index (χ1v) is 9.62. The highest BCUT2D eigenvalue weighted by atomic mass is 35.5. The Kier molecular flexibility index (Phi) is 2.42. The molecule has 0 aromatic rings. The maximum absolute atomic E-state index is 10.7. The molecule has 0 aromatic heterocycles. The van der Waals surface area contributed by atoms with E-state index in [9.17, 15) is 10.2 Å². The van der Waals surface area contributed by atoms with Crippen LogP contribution in [0.25, 0.3) is 0 Å². The summed E-state index contributed by atoms with van der Waals surface area (Å²) in [6.45, 7) is 0. The molecule has 124 valence electrons. The summed E-state index contributed by atoms with van der Waals surface area (Å²) in [5.41, 5.74) is 0. The zero-order valence-corrected chi connectivity index (χ0v) is 17.2. The third kappa shape index (κ3) is 0.655. The molecule has 8 atom stereocenters. The molecule has 2 nitrogen and oxygen atoms in total. The van der Waals surface area contributed by atoms with Crippen molar-refractivity contribution >= 4 is 116 Å². The molecule has 6 aliphatic carbocycles. The molecule has 0 radical (unpaired) electrons. The monoisotopic (exact) mass is 504 g/mol. The first kappa shape index (κ1) is 17.0. The SMILES string of the molecule is OC1(O)C2(Cl)[C@@]3(Cl)C4(Cl)C(Cl)(Cl)C5(Cl)[C@](Cl)(C1(Cl)[C@]53Cl)[C@]24Cl. The van der Waals surface area contributed by atoms with E-state index in [0.29, 0.717) is 0 Å². The number of hydrogen-bond acceptors (Lipinski definition) is 2. The normalized spacial score (nSPS) is 80.2. The van der Waals surface area contributed by atoms with Crippen molar-refractivity contribution in [1.29, 1.82) is 0 Å². The standard InChI is InChI=1S/C10H2Cl10O2/c11-1-2(12)6(16)4(14)3(13,5(1,15)9(6,19)20)7(1,17)10(21,22)8(2,4)18/h21-22H/t1-,2+,3+,4-,5?,6?,7?,8?. The van der Waals surface area contributed by atoms with Crippen molar-refractivity contribution in [2.24, 2.45) is 0 Å². The van der Waals surface area contributed by atoms with E-state index in [0.717, 1.165) is 0 Å². The molecule has 4 bridgehead atoms. The van der Waals surface area contributed by atoms with E-state index in [1.807, 2.05) is 0 Å². The summed E-state index contributed by atoms with van der Waals surface area (Å²) in [4.78, 5) is -16.4. The number of aliphatic hydroxyl groups is 2. The van der Waals surface area contributed by atoms with Crippen molar-refractivity contribution in [2.75, 3.05) is 0 Å². The van der Waals surface area contributed by atoms with E-state index < -0.39 is 49.1 Å². The van der Waals surface area contributed by atoms with Gasteiger partial charge in [0, 0.05) is 0 Å². The predicted molar refractivity (Wildman–Crippen MR) is 90.3 cm³/mol. The molecule has 0 aromatic carbocycles. The Balaban J connectivity index is 2.08. The fourth-order valence-corrected chi connectivity index (χ4v) is 14.6. The van der Waals surface area contributed by atoms with Crippen molar-refractivity contribution in [3.8, 4) is 0 Å². The van der Waals surface area contributed by atoms with Gasteiger partial charge in [0.05, 0.1) is 0 Å². The van der Waals surface area contributed by atoms with Gasteiger partial charge >= 0.3 is 0 Å². The summed E-state index contributed by atoms with van der Waals surface area (Å²) in [7, 11) is 0. The summed E-state index contributed by atoms with van der Waals surface area (Å²) < 4.78 is -2.02. The molecule has 6 aliphatic rings. The second-order valence-electron chi connectivity index (χ2n) is 6.51. The number of alkyl halides is 10. The van der Waals surface area contributed by atoms with Crippen LogP contribution in [-0.2, 0) is 0 Å². The lowest BCUT2D eigenvalue weighted by atomic mass is 9.41. The molecule has 2 N–H and O–H groups in total. The second kappa shape index (κ2) is 3.14. The molecule has 6 rings (SSSR count). The van der Waals surface area contributed by atoms with Crippen LogP contribution >= 0.6 is 116 Å². The highest BCUT2D eigenvalue weighted by molar-refractivity contribution is 6.78. The number of rotatable bonds is 0. The molecule has 0 amide bonds.